The van der Waals surface area contributed by atoms with E-state index in [1.54, 1.807) is 13.2 Å². The minimum Gasteiger partial charge on any atom is -0.496 e. The Morgan fingerprint density at radius 2 is 1.73 bits per heavy atom. The number of carbonyl (C=O) groups excluding carboxylic acids is 1. The minimum absolute atomic E-state index is 0.0513. The van der Waals surface area contributed by atoms with Crippen LogP contribution in [0.2, 0.25) is 0 Å². The Bertz CT molecular complexity index is 1030. The van der Waals surface area contributed by atoms with Crippen molar-refractivity contribution in [3.63, 3.8) is 0 Å². The van der Waals surface area contributed by atoms with E-state index < -0.39 is 0 Å². The largest absolute Gasteiger partial charge is 0.496 e. The molecule has 0 aromatic heterocycles. The molecule has 0 unspecified atom stereocenters. The number of nitrogens with zero attached hydrogens (tertiary/aromatic N) is 1. The standard InChI is InChI=1S/C23H21NO2/c1-24(2)14-17-13-18-19(25)11-9-16-10-12-20(26-3)23(22(16)18)21(17)15-7-5-4-6-8-15/h4-13H,14H2,1-3H3. The van der Waals surface area contributed by atoms with Gasteiger partial charge in [-0.05, 0) is 54.6 Å². The fourth-order valence-electron chi connectivity index (χ4n) is 3.78. The normalized spacial score (nSPS) is 12.8. The van der Waals surface area contributed by atoms with Crippen LogP contribution in [0.4, 0.5) is 0 Å². The van der Waals surface area contributed by atoms with Crippen LogP contribution in [0.15, 0.2) is 54.6 Å². The highest BCUT2D eigenvalue weighted by molar-refractivity contribution is 6.23. The number of methoxy groups -OCH3 is 1. The Labute approximate surface area is 153 Å². The third-order valence-corrected chi connectivity index (χ3v) is 4.81. The molecule has 3 heteroatoms. The summed E-state index contributed by atoms with van der Waals surface area (Å²) < 4.78 is 5.71. The lowest BCUT2D eigenvalue weighted by molar-refractivity contribution is 0.104. The molecule has 0 saturated heterocycles. The van der Waals surface area contributed by atoms with Crippen LogP contribution in [0, 0.1) is 0 Å². The lowest BCUT2D eigenvalue weighted by atomic mass is 9.84. The van der Waals surface area contributed by atoms with Gasteiger partial charge in [0.2, 0.25) is 0 Å². The zero-order valence-corrected chi connectivity index (χ0v) is 15.2. The zero-order valence-electron chi connectivity index (χ0n) is 15.2. The average Bonchev–Trinajstić information content (AvgIpc) is 2.64. The molecule has 4 rings (SSSR count). The van der Waals surface area contributed by atoms with Gasteiger partial charge in [-0.3, -0.25) is 4.79 Å². The van der Waals surface area contributed by atoms with Gasteiger partial charge in [0, 0.05) is 22.9 Å². The molecule has 0 N–H and O–H groups in total. The van der Waals surface area contributed by atoms with Gasteiger partial charge in [0.15, 0.2) is 5.78 Å². The van der Waals surface area contributed by atoms with E-state index in [1.807, 2.05) is 50.5 Å². The van der Waals surface area contributed by atoms with E-state index >= 15 is 0 Å². The molecular weight excluding hydrogens is 322 g/mol. The Morgan fingerprint density at radius 3 is 2.42 bits per heavy atom. The molecule has 0 radical (unpaired) electrons. The fraction of sp³-hybridized carbons (Fsp3) is 0.174. The van der Waals surface area contributed by atoms with Crippen molar-refractivity contribution in [3.8, 4) is 16.9 Å². The number of ether oxygens (including phenoxy) is 1. The predicted octanol–water partition coefficient (Wildman–Crippen LogP) is 4.79. The molecule has 3 nitrogen and oxygen atoms in total. The molecule has 0 amide bonds. The van der Waals surface area contributed by atoms with E-state index in [2.05, 4.69) is 23.1 Å². The summed E-state index contributed by atoms with van der Waals surface area (Å²) in [6, 6.07) is 16.4. The Kier molecular flexibility index (Phi) is 4.09. The van der Waals surface area contributed by atoms with Gasteiger partial charge in [-0.2, -0.15) is 0 Å². The highest BCUT2D eigenvalue weighted by Gasteiger charge is 2.23. The van der Waals surface area contributed by atoms with E-state index in [-0.39, 0.29) is 5.78 Å². The summed E-state index contributed by atoms with van der Waals surface area (Å²) in [5, 5.41) is 2.00. The number of carbonyl (C=O) groups is 1. The number of ketones is 1. The molecule has 0 bridgehead atoms. The van der Waals surface area contributed by atoms with Crippen molar-refractivity contribution in [2.45, 2.75) is 6.54 Å². The summed E-state index contributed by atoms with van der Waals surface area (Å²) in [6.07, 6.45) is 3.56. The second kappa shape index (κ2) is 6.43. The topological polar surface area (TPSA) is 29.5 Å². The quantitative estimate of drug-likeness (QED) is 0.682. The predicted molar refractivity (Wildman–Crippen MR) is 107 cm³/mol. The first kappa shape index (κ1) is 16.6. The molecule has 3 aromatic rings. The smallest absolute Gasteiger partial charge is 0.186 e. The maximum Gasteiger partial charge on any atom is 0.186 e. The van der Waals surface area contributed by atoms with Gasteiger partial charge < -0.3 is 9.64 Å². The van der Waals surface area contributed by atoms with Gasteiger partial charge in [0.05, 0.1) is 7.11 Å². The third-order valence-electron chi connectivity index (χ3n) is 4.81. The first-order valence-electron chi connectivity index (χ1n) is 8.69. The van der Waals surface area contributed by atoms with E-state index in [4.69, 9.17) is 4.74 Å². The van der Waals surface area contributed by atoms with Crippen molar-refractivity contribution < 1.29 is 9.53 Å². The van der Waals surface area contributed by atoms with Crippen LogP contribution in [-0.2, 0) is 6.54 Å². The summed E-state index contributed by atoms with van der Waals surface area (Å²) in [7, 11) is 5.77. The molecule has 1 aliphatic rings. The molecular formula is C23H21NO2. The molecule has 0 spiro atoms. The van der Waals surface area contributed by atoms with Crippen LogP contribution in [0.5, 0.6) is 5.75 Å². The van der Waals surface area contributed by atoms with Crippen molar-refractivity contribution >= 4 is 22.6 Å². The van der Waals surface area contributed by atoms with E-state index in [9.17, 15) is 4.79 Å². The summed E-state index contributed by atoms with van der Waals surface area (Å²) in [4.78, 5) is 14.7. The third kappa shape index (κ3) is 2.61. The Balaban J connectivity index is 2.19. The van der Waals surface area contributed by atoms with Crippen molar-refractivity contribution in [2.75, 3.05) is 21.2 Å². The lowest BCUT2D eigenvalue weighted by Crippen LogP contribution is -2.14. The number of allylic oxidation sites excluding steroid dienone is 1. The van der Waals surface area contributed by atoms with Crippen LogP contribution in [-0.4, -0.2) is 31.9 Å². The summed E-state index contributed by atoms with van der Waals surface area (Å²) in [5.41, 5.74) is 5.22. The highest BCUT2D eigenvalue weighted by Crippen LogP contribution is 2.43. The Morgan fingerprint density at radius 1 is 0.962 bits per heavy atom. The van der Waals surface area contributed by atoms with Crippen LogP contribution in [0.3, 0.4) is 0 Å². The summed E-state index contributed by atoms with van der Waals surface area (Å²) in [6.45, 7) is 0.748. The monoisotopic (exact) mass is 343 g/mol. The molecule has 0 aliphatic heterocycles. The van der Waals surface area contributed by atoms with Gasteiger partial charge in [-0.25, -0.2) is 0 Å². The number of hydrogen-bond donors (Lipinski definition) is 0. The first-order chi connectivity index (χ1) is 12.6. The summed E-state index contributed by atoms with van der Waals surface area (Å²) >= 11 is 0. The van der Waals surface area contributed by atoms with Gasteiger partial charge >= 0.3 is 0 Å². The molecule has 0 atom stereocenters. The van der Waals surface area contributed by atoms with Crippen molar-refractivity contribution in [1.82, 2.24) is 4.90 Å². The van der Waals surface area contributed by atoms with Crippen molar-refractivity contribution in [1.29, 1.82) is 0 Å². The zero-order chi connectivity index (χ0) is 18.3. The van der Waals surface area contributed by atoms with Gasteiger partial charge in [0.25, 0.3) is 0 Å². The first-order valence-corrected chi connectivity index (χ1v) is 8.69. The van der Waals surface area contributed by atoms with E-state index in [0.29, 0.717) is 0 Å². The fourth-order valence-corrected chi connectivity index (χ4v) is 3.78. The molecule has 26 heavy (non-hydrogen) atoms. The van der Waals surface area contributed by atoms with Crippen LogP contribution < -0.4 is 4.74 Å². The molecule has 130 valence electrons. The number of benzene rings is 3. The number of rotatable bonds is 4. The minimum atomic E-state index is 0.0513. The second-order valence-electron chi connectivity index (χ2n) is 6.87. The average molecular weight is 343 g/mol. The number of hydrogen-bond acceptors (Lipinski definition) is 3. The van der Waals surface area contributed by atoms with E-state index in [0.717, 1.165) is 50.9 Å². The van der Waals surface area contributed by atoms with Crippen LogP contribution >= 0.6 is 0 Å². The molecule has 0 fully saturated rings. The van der Waals surface area contributed by atoms with E-state index in [1.165, 1.54) is 0 Å². The molecule has 0 saturated carbocycles. The van der Waals surface area contributed by atoms with Gasteiger partial charge in [-0.15, -0.1) is 0 Å². The van der Waals surface area contributed by atoms with Crippen molar-refractivity contribution in [3.05, 3.63) is 71.3 Å². The lowest BCUT2D eigenvalue weighted by Gasteiger charge is -2.23. The second-order valence-corrected chi connectivity index (χ2v) is 6.87. The van der Waals surface area contributed by atoms with Gasteiger partial charge in [-0.1, -0.05) is 42.5 Å². The van der Waals surface area contributed by atoms with Crippen LogP contribution in [0.1, 0.15) is 21.5 Å². The van der Waals surface area contributed by atoms with Crippen LogP contribution in [0.25, 0.3) is 28.0 Å². The molecule has 3 aromatic carbocycles. The highest BCUT2D eigenvalue weighted by atomic mass is 16.5. The maximum atomic E-state index is 12.6. The maximum absolute atomic E-state index is 12.6. The SMILES string of the molecule is COc1ccc2c3c(cc(CN(C)C)c(-c4ccccc4)c13)C(=O)C=C2. The van der Waals surface area contributed by atoms with Gasteiger partial charge in [0.1, 0.15) is 5.75 Å². The summed E-state index contributed by atoms with van der Waals surface area (Å²) in [5.74, 6) is 0.850. The molecule has 0 heterocycles. The van der Waals surface area contributed by atoms with Crippen molar-refractivity contribution in [2.24, 2.45) is 0 Å². The molecule has 1 aliphatic carbocycles. The Hall–Kier alpha value is -2.91.